The molecule has 0 spiro atoms. The average Bonchev–Trinajstić information content (AvgIpc) is 3.14. The van der Waals surface area contributed by atoms with Crippen LogP contribution in [-0.4, -0.2) is 63.2 Å². The summed E-state index contributed by atoms with van der Waals surface area (Å²) in [4.78, 5) is 17.9. The average molecular weight is 338 g/mol. The third-order valence-electron chi connectivity index (χ3n) is 5.14. The van der Waals surface area contributed by atoms with Gasteiger partial charge in [-0.3, -0.25) is 4.79 Å². The molecule has 0 radical (unpaired) electrons. The van der Waals surface area contributed by atoms with E-state index in [1.165, 1.54) is 38.5 Å². The van der Waals surface area contributed by atoms with E-state index in [4.69, 9.17) is 4.74 Å². The monoisotopic (exact) mass is 338 g/mol. The van der Waals surface area contributed by atoms with E-state index in [1.54, 1.807) is 19.0 Å². The van der Waals surface area contributed by atoms with Gasteiger partial charge in [-0.15, -0.1) is 0 Å². The second-order valence-electron chi connectivity index (χ2n) is 7.38. The van der Waals surface area contributed by atoms with Crippen LogP contribution in [0.5, 0.6) is 0 Å². The molecule has 138 valence electrons. The van der Waals surface area contributed by atoms with Crippen LogP contribution in [0.3, 0.4) is 0 Å². The Bertz CT molecular complexity index is 427. The number of nitrogens with one attached hydrogen (secondary N) is 2. The van der Waals surface area contributed by atoms with Gasteiger partial charge in [-0.2, -0.15) is 0 Å². The number of ether oxygens (including phenoxy) is 1. The van der Waals surface area contributed by atoms with E-state index in [1.807, 2.05) is 6.92 Å². The highest BCUT2D eigenvalue weighted by molar-refractivity contribution is 5.85. The van der Waals surface area contributed by atoms with Gasteiger partial charge in [0.15, 0.2) is 5.96 Å². The first kappa shape index (κ1) is 19.0. The Morgan fingerprint density at radius 1 is 1.29 bits per heavy atom. The van der Waals surface area contributed by atoms with Gasteiger partial charge in [0.05, 0.1) is 0 Å². The molecule has 0 heterocycles. The molecule has 6 nitrogen and oxygen atoms in total. The Hall–Kier alpha value is -1.30. The number of amides is 1. The Balaban J connectivity index is 1.85. The molecule has 2 N–H and O–H groups in total. The maximum atomic E-state index is 11.8. The Morgan fingerprint density at radius 2 is 2.00 bits per heavy atom. The van der Waals surface area contributed by atoms with Gasteiger partial charge in [-0.1, -0.05) is 12.8 Å². The topological polar surface area (TPSA) is 66.0 Å². The van der Waals surface area contributed by atoms with Crippen molar-refractivity contribution in [3.05, 3.63) is 0 Å². The molecule has 2 aliphatic carbocycles. The maximum absolute atomic E-state index is 11.8. The summed E-state index contributed by atoms with van der Waals surface area (Å²) in [6, 6.07) is 0.490. The molecule has 1 amide bonds. The number of likely N-dealkylation sites (N-methyl/N-ethyl adjacent to an activating group) is 1. The van der Waals surface area contributed by atoms with Gasteiger partial charge in [0.25, 0.3) is 0 Å². The zero-order valence-electron chi connectivity index (χ0n) is 15.6. The summed E-state index contributed by atoms with van der Waals surface area (Å²) in [5.74, 6) is 0.819. The van der Waals surface area contributed by atoms with Gasteiger partial charge in [0, 0.05) is 39.9 Å². The second-order valence-corrected chi connectivity index (χ2v) is 7.38. The zero-order chi connectivity index (χ0) is 17.4. The summed E-state index contributed by atoms with van der Waals surface area (Å²) in [6.07, 6.45) is 8.54. The van der Waals surface area contributed by atoms with Crippen molar-refractivity contribution in [2.45, 2.75) is 57.9 Å². The number of carbonyl (C=O) groups is 1. The number of carbonyl (C=O) groups excluding carboxylic acids is 1. The predicted octanol–water partition coefficient (Wildman–Crippen LogP) is 1.76. The van der Waals surface area contributed by atoms with Crippen molar-refractivity contribution in [3.63, 3.8) is 0 Å². The lowest BCUT2D eigenvalue weighted by atomic mass is 10.0. The number of guanidine groups is 1. The number of hydrogen-bond donors (Lipinski definition) is 2. The summed E-state index contributed by atoms with van der Waals surface area (Å²) < 4.78 is 5.51. The van der Waals surface area contributed by atoms with Crippen LogP contribution < -0.4 is 10.6 Å². The first-order valence-corrected chi connectivity index (χ1v) is 9.37. The van der Waals surface area contributed by atoms with Crippen molar-refractivity contribution in [2.75, 3.05) is 40.4 Å². The van der Waals surface area contributed by atoms with Crippen LogP contribution >= 0.6 is 0 Å². The van der Waals surface area contributed by atoms with E-state index in [0.29, 0.717) is 11.5 Å². The lowest BCUT2D eigenvalue weighted by Crippen LogP contribution is -2.45. The molecule has 2 fully saturated rings. The van der Waals surface area contributed by atoms with E-state index < -0.39 is 0 Å². The SMILES string of the molecule is CCOCCC1(CNC(=NCC(=O)N(C)C)NC2CCCC2)CC1. The fourth-order valence-corrected chi connectivity index (χ4v) is 3.10. The van der Waals surface area contributed by atoms with Crippen LogP contribution in [0.2, 0.25) is 0 Å². The molecule has 0 atom stereocenters. The highest BCUT2D eigenvalue weighted by Crippen LogP contribution is 2.48. The quantitative estimate of drug-likeness (QED) is 0.382. The fourth-order valence-electron chi connectivity index (χ4n) is 3.10. The third kappa shape index (κ3) is 6.30. The van der Waals surface area contributed by atoms with E-state index >= 15 is 0 Å². The van der Waals surface area contributed by atoms with Crippen LogP contribution in [0.1, 0.15) is 51.9 Å². The largest absolute Gasteiger partial charge is 0.382 e. The molecule has 0 bridgehead atoms. The molecule has 2 aliphatic rings. The van der Waals surface area contributed by atoms with Crippen LogP contribution in [0.15, 0.2) is 4.99 Å². The smallest absolute Gasteiger partial charge is 0.243 e. The van der Waals surface area contributed by atoms with Gasteiger partial charge in [0.2, 0.25) is 5.91 Å². The van der Waals surface area contributed by atoms with Crippen LogP contribution in [0, 0.1) is 5.41 Å². The standard InChI is InChI=1S/C18H34N4O2/c1-4-24-12-11-18(9-10-18)14-20-17(19-13-16(23)22(2)3)21-15-7-5-6-8-15/h15H,4-14H2,1-3H3,(H2,19,20,21). The maximum Gasteiger partial charge on any atom is 0.243 e. The van der Waals surface area contributed by atoms with Crippen molar-refractivity contribution in [2.24, 2.45) is 10.4 Å². The zero-order valence-corrected chi connectivity index (χ0v) is 15.6. The summed E-state index contributed by atoms with van der Waals surface area (Å²) in [5.41, 5.74) is 0.360. The van der Waals surface area contributed by atoms with Crippen molar-refractivity contribution in [1.29, 1.82) is 0 Å². The van der Waals surface area contributed by atoms with Gasteiger partial charge in [-0.05, 0) is 44.4 Å². The highest BCUT2D eigenvalue weighted by atomic mass is 16.5. The minimum absolute atomic E-state index is 0.0278. The summed E-state index contributed by atoms with van der Waals surface area (Å²) in [6.45, 7) is 4.76. The van der Waals surface area contributed by atoms with Crippen molar-refractivity contribution >= 4 is 11.9 Å². The number of rotatable bonds is 9. The van der Waals surface area contributed by atoms with Gasteiger partial charge in [-0.25, -0.2) is 4.99 Å². The molecular formula is C18H34N4O2. The van der Waals surface area contributed by atoms with E-state index in [0.717, 1.165) is 32.1 Å². The number of aliphatic imine (C=N–C) groups is 1. The Labute approximate surface area is 146 Å². The molecule has 2 saturated carbocycles. The molecule has 0 unspecified atom stereocenters. The van der Waals surface area contributed by atoms with Gasteiger partial charge < -0.3 is 20.3 Å². The minimum atomic E-state index is 0.0278. The normalized spacial score (nSPS) is 20.0. The van der Waals surface area contributed by atoms with E-state index in [9.17, 15) is 4.79 Å². The molecule has 0 aromatic rings. The molecule has 0 aromatic carbocycles. The van der Waals surface area contributed by atoms with E-state index in [2.05, 4.69) is 15.6 Å². The van der Waals surface area contributed by atoms with Crippen LogP contribution in [0.25, 0.3) is 0 Å². The third-order valence-corrected chi connectivity index (χ3v) is 5.14. The summed E-state index contributed by atoms with van der Waals surface area (Å²) in [5, 5.41) is 7.00. The van der Waals surface area contributed by atoms with Crippen molar-refractivity contribution < 1.29 is 9.53 Å². The first-order valence-electron chi connectivity index (χ1n) is 9.37. The molecule has 24 heavy (non-hydrogen) atoms. The van der Waals surface area contributed by atoms with Crippen LogP contribution in [-0.2, 0) is 9.53 Å². The predicted molar refractivity (Wildman–Crippen MR) is 97.2 cm³/mol. The second kappa shape index (κ2) is 9.25. The van der Waals surface area contributed by atoms with E-state index in [-0.39, 0.29) is 12.5 Å². The highest BCUT2D eigenvalue weighted by Gasteiger charge is 2.42. The van der Waals surface area contributed by atoms with Gasteiger partial charge >= 0.3 is 0 Å². The summed E-state index contributed by atoms with van der Waals surface area (Å²) in [7, 11) is 3.53. The minimum Gasteiger partial charge on any atom is -0.382 e. The lowest BCUT2D eigenvalue weighted by Gasteiger charge is -2.21. The molecule has 2 rings (SSSR count). The van der Waals surface area contributed by atoms with Gasteiger partial charge in [0.1, 0.15) is 6.54 Å². The molecule has 0 aliphatic heterocycles. The molecular weight excluding hydrogens is 304 g/mol. The lowest BCUT2D eigenvalue weighted by molar-refractivity contribution is -0.127. The first-order chi connectivity index (χ1) is 11.5. The number of hydrogen-bond acceptors (Lipinski definition) is 3. The molecule has 6 heteroatoms. The fraction of sp³-hybridized carbons (Fsp3) is 0.889. The van der Waals surface area contributed by atoms with Crippen molar-refractivity contribution in [3.8, 4) is 0 Å². The van der Waals surface area contributed by atoms with Crippen LogP contribution in [0.4, 0.5) is 0 Å². The number of nitrogens with zero attached hydrogens (tertiary/aromatic N) is 2. The molecule has 0 saturated heterocycles. The molecule has 0 aromatic heterocycles. The Morgan fingerprint density at radius 3 is 2.58 bits per heavy atom. The summed E-state index contributed by atoms with van der Waals surface area (Å²) >= 11 is 0. The van der Waals surface area contributed by atoms with Crippen molar-refractivity contribution in [1.82, 2.24) is 15.5 Å². The Kier molecular flexibility index (Phi) is 7.34.